The van der Waals surface area contributed by atoms with E-state index >= 15 is 0 Å². The van der Waals surface area contributed by atoms with E-state index in [1.54, 1.807) is 0 Å². The number of hydrogen-bond donors (Lipinski definition) is 0. The normalized spacial score (nSPS) is 17.9. The molecule has 1 heterocycles. The van der Waals surface area contributed by atoms with Crippen molar-refractivity contribution >= 4 is 29.3 Å². The molecule has 2 rings (SSSR count). The fourth-order valence-electron chi connectivity index (χ4n) is 2.11. The largest absolute Gasteiger partial charge is 0.406 e. The quantitative estimate of drug-likeness (QED) is 0.792. The Bertz CT molecular complexity index is 470. The molecule has 0 aliphatic carbocycles. The number of carbonyl (C=O) groups excluding carboxylic acids is 1. The van der Waals surface area contributed by atoms with Crippen molar-refractivity contribution < 1.29 is 18.0 Å². The van der Waals surface area contributed by atoms with Crippen molar-refractivity contribution in [1.29, 1.82) is 0 Å². The van der Waals surface area contributed by atoms with Crippen molar-refractivity contribution in [3.63, 3.8) is 0 Å². The van der Waals surface area contributed by atoms with E-state index in [-0.39, 0.29) is 12.4 Å². The van der Waals surface area contributed by atoms with Crippen LogP contribution in [0.2, 0.25) is 0 Å². The lowest BCUT2D eigenvalue weighted by molar-refractivity contribution is -0.160. The van der Waals surface area contributed by atoms with E-state index in [0.29, 0.717) is 6.42 Å². The zero-order valence-electron chi connectivity index (χ0n) is 10.5. The van der Waals surface area contributed by atoms with E-state index in [1.807, 2.05) is 24.3 Å². The third-order valence-electron chi connectivity index (χ3n) is 2.96. The Balaban J connectivity index is 2.06. The fraction of sp³-hybridized carbons (Fsp3) is 0.462. The van der Waals surface area contributed by atoms with Crippen molar-refractivity contribution in [1.82, 2.24) is 4.90 Å². The lowest BCUT2D eigenvalue weighted by atomic mass is 10.1. The van der Waals surface area contributed by atoms with Crippen molar-refractivity contribution in [3.05, 3.63) is 29.8 Å². The van der Waals surface area contributed by atoms with E-state index in [4.69, 9.17) is 11.6 Å². The lowest BCUT2D eigenvalue weighted by Crippen LogP contribution is -2.44. The topological polar surface area (TPSA) is 20.3 Å². The van der Waals surface area contributed by atoms with E-state index in [0.717, 1.165) is 15.4 Å². The van der Waals surface area contributed by atoms with Gasteiger partial charge < -0.3 is 4.90 Å². The summed E-state index contributed by atoms with van der Waals surface area (Å²) in [6.45, 7) is -1.33. The predicted molar refractivity (Wildman–Crippen MR) is 73.1 cm³/mol. The molecule has 0 aromatic heterocycles. The Hall–Kier alpha value is -0.880. The first-order valence-corrected chi connectivity index (χ1v) is 7.48. The SMILES string of the molecule is O=C(C1Cc2ccccc2S1)N(CCCl)CC(F)(F)F. The smallest absolute Gasteiger partial charge is 0.331 e. The van der Waals surface area contributed by atoms with Crippen molar-refractivity contribution in [2.75, 3.05) is 19.0 Å². The molecule has 0 fully saturated rings. The Kier molecular flexibility index (Phi) is 4.86. The first kappa shape index (κ1) is 15.5. The molecule has 1 aliphatic heterocycles. The first-order chi connectivity index (χ1) is 9.40. The summed E-state index contributed by atoms with van der Waals surface area (Å²) in [7, 11) is 0. The summed E-state index contributed by atoms with van der Waals surface area (Å²) < 4.78 is 37.5. The lowest BCUT2D eigenvalue weighted by Gasteiger charge is -2.25. The first-order valence-electron chi connectivity index (χ1n) is 6.07. The minimum absolute atomic E-state index is 0.00778. The highest BCUT2D eigenvalue weighted by molar-refractivity contribution is 8.01. The predicted octanol–water partition coefficient (Wildman–Crippen LogP) is 3.33. The van der Waals surface area contributed by atoms with Crippen LogP contribution < -0.4 is 0 Å². The van der Waals surface area contributed by atoms with Gasteiger partial charge in [0.25, 0.3) is 0 Å². The highest BCUT2D eigenvalue weighted by Gasteiger charge is 2.37. The third-order valence-corrected chi connectivity index (χ3v) is 4.43. The Morgan fingerprint density at radius 1 is 1.40 bits per heavy atom. The third kappa shape index (κ3) is 3.82. The molecule has 1 aromatic rings. The average molecular weight is 324 g/mol. The molecule has 0 bridgehead atoms. The summed E-state index contributed by atoms with van der Waals surface area (Å²) in [6, 6.07) is 7.48. The van der Waals surface area contributed by atoms with Crippen molar-refractivity contribution in [2.45, 2.75) is 22.7 Å². The highest BCUT2D eigenvalue weighted by Crippen LogP contribution is 2.37. The molecule has 0 saturated carbocycles. The summed E-state index contributed by atoms with van der Waals surface area (Å²) in [5.74, 6) is -0.504. The van der Waals surface area contributed by atoms with Crippen LogP contribution in [0.1, 0.15) is 5.56 Å². The second kappa shape index (κ2) is 6.26. The molecule has 0 spiro atoms. The van der Waals surface area contributed by atoms with Crippen LogP contribution in [0.3, 0.4) is 0 Å². The molecule has 7 heteroatoms. The van der Waals surface area contributed by atoms with Gasteiger partial charge >= 0.3 is 6.18 Å². The summed E-state index contributed by atoms with van der Waals surface area (Å²) in [5.41, 5.74) is 1.01. The number of nitrogens with zero attached hydrogens (tertiary/aromatic N) is 1. The summed E-state index contributed by atoms with van der Waals surface area (Å²) in [4.78, 5) is 14.0. The summed E-state index contributed by atoms with van der Waals surface area (Å²) in [5, 5.41) is -0.488. The minimum Gasteiger partial charge on any atom is -0.331 e. The fourth-order valence-corrected chi connectivity index (χ4v) is 3.59. The van der Waals surface area contributed by atoms with Gasteiger partial charge in [-0.05, 0) is 18.1 Å². The van der Waals surface area contributed by atoms with Crippen LogP contribution >= 0.6 is 23.4 Å². The Morgan fingerprint density at radius 2 is 2.10 bits per heavy atom. The van der Waals surface area contributed by atoms with Gasteiger partial charge in [0.1, 0.15) is 6.54 Å². The number of alkyl halides is 4. The van der Waals surface area contributed by atoms with Crippen LogP contribution in [0.25, 0.3) is 0 Å². The van der Waals surface area contributed by atoms with Gasteiger partial charge in [-0.15, -0.1) is 23.4 Å². The zero-order chi connectivity index (χ0) is 14.8. The van der Waals surface area contributed by atoms with Crippen LogP contribution in [0.4, 0.5) is 13.2 Å². The van der Waals surface area contributed by atoms with Gasteiger partial charge in [0, 0.05) is 17.3 Å². The number of benzene rings is 1. The second-order valence-corrected chi connectivity index (χ2v) is 6.10. The molecule has 2 nitrogen and oxygen atoms in total. The van der Waals surface area contributed by atoms with Crippen LogP contribution in [-0.2, 0) is 11.2 Å². The van der Waals surface area contributed by atoms with Gasteiger partial charge in [0.15, 0.2) is 0 Å². The zero-order valence-corrected chi connectivity index (χ0v) is 12.1. The Labute approximate surface area is 124 Å². The van der Waals surface area contributed by atoms with E-state index in [1.165, 1.54) is 11.8 Å². The highest BCUT2D eigenvalue weighted by atomic mass is 35.5. The second-order valence-electron chi connectivity index (χ2n) is 4.48. The maximum Gasteiger partial charge on any atom is 0.406 e. The number of amides is 1. The van der Waals surface area contributed by atoms with Crippen LogP contribution in [0.5, 0.6) is 0 Å². The van der Waals surface area contributed by atoms with E-state index in [2.05, 4.69) is 0 Å². The Morgan fingerprint density at radius 3 is 2.70 bits per heavy atom. The summed E-state index contributed by atoms with van der Waals surface area (Å²) >= 11 is 6.82. The molecule has 1 aliphatic rings. The minimum atomic E-state index is -4.40. The number of carbonyl (C=O) groups is 1. The molecule has 0 N–H and O–H groups in total. The van der Waals surface area contributed by atoms with Crippen molar-refractivity contribution in [3.8, 4) is 0 Å². The molecule has 0 radical (unpaired) electrons. The monoisotopic (exact) mass is 323 g/mol. The van der Waals surface area contributed by atoms with Gasteiger partial charge in [0.2, 0.25) is 5.91 Å². The van der Waals surface area contributed by atoms with Gasteiger partial charge in [0.05, 0.1) is 5.25 Å². The summed E-state index contributed by atoms with van der Waals surface area (Å²) in [6.07, 6.45) is -3.94. The molecule has 1 unspecified atom stereocenters. The average Bonchev–Trinajstić information content (AvgIpc) is 2.79. The number of rotatable bonds is 4. The molecule has 1 amide bonds. The maximum atomic E-state index is 12.5. The number of halogens is 4. The maximum absolute atomic E-state index is 12.5. The number of hydrogen-bond acceptors (Lipinski definition) is 2. The van der Waals surface area contributed by atoms with Crippen LogP contribution in [0.15, 0.2) is 29.2 Å². The van der Waals surface area contributed by atoms with Gasteiger partial charge in [-0.2, -0.15) is 13.2 Å². The number of fused-ring (bicyclic) bond motifs is 1. The standard InChI is InChI=1S/C13H13ClF3NOS/c14-5-6-18(8-13(15,16)17)12(19)11-7-9-3-1-2-4-10(9)20-11/h1-4,11H,5-8H2. The molecule has 1 atom stereocenters. The molecule has 1 aromatic carbocycles. The molecule has 110 valence electrons. The van der Waals surface area contributed by atoms with Gasteiger partial charge in [-0.25, -0.2) is 0 Å². The molecular weight excluding hydrogens is 311 g/mol. The van der Waals surface area contributed by atoms with Gasteiger partial charge in [-0.3, -0.25) is 4.79 Å². The molecular formula is C13H13ClF3NOS. The number of thioether (sulfide) groups is 1. The molecule has 20 heavy (non-hydrogen) atoms. The van der Waals surface area contributed by atoms with E-state index in [9.17, 15) is 18.0 Å². The molecule has 0 saturated heterocycles. The van der Waals surface area contributed by atoms with Gasteiger partial charge in [-0.1, -0.05) is 18.2 Å². The van der Waals surface area contributed by atoms with Crippen LogP contribution in [0, 0.1) is 0 Å². The van der Waals surface area contributed by atoms with Crippen LogP contribution in [-0.4, -0.2) is 41.2 Å². The van der Waals surface area contributed by atoms with E-state index < -0.39 is 23.9 Å². The van der Waals surface area contributed by atoms with Crippen molar-refractivity contribution in [2.24, 2.45) is 0 Å².